The first-order valence-electron chi connectivity index (χ1n) is 7.23. The third-order valence-electron chi connectivity index (χ3n) is 4.03. The van der Waals surface area contributed by atoms with Crippen LogP contribution in [0.2, 0.25) is 0 Å². The third-order valence-corrected chi connectivity index (χ3v) is 4.03. The first kappa shape index (κ1) is 14.0. The number of fused-ring (bicyclic) bond motifs is 1. The van der Waals surface area contributed by atoms with Gasteiger partial charge in [0.2, 0.25) is 0 Å². The molecule has 0 amide bonds. The van der Waals surface area contributed by atoms with Crippen LogP contribution in [0.3, 0.4) is 0 Å². The second-order valence-electron chi connectivity index (χ2n) is 5.68. The summed E-state index contributed by atoms with van der Waals surface area (Å²) in [4.78, 5) is 14.6. The fraction of sp³-hybridized carbons (Fsp3) is 0.278. The van der Waals surface area contributed by atoms with E-state index in [0.717, 1.165) is 13.1 Å². The minimum atomic E-state index is -0.431. The lowest BCUT2D eigenvalue weighted by Crippen LogP contribution is -2.28. The molecular formula is C18H18FNO. The summed E-state index contributed by atoms with van der Waals surface area (Å²) < 4.78 is 13.7. The first-order valence-corrected chi connectivity index (χ1v) is 7.23. The molecule has 0 saturated carbocycles. The van der Waals surface area contributed by atoms with Crippen LogP contribution < -0.4 is 0 Å². The number of rotatable bonds is 4. The van der Waals surface area contributed by atoms with Crippen LogP contribution in [0, 0.1) is 11.7 Å². The van der Waals surface area contributed by atoms with Gasteiger partial charge in [0.1, 0.15) is 5.82 Å². The zero-order valence-electron chi connectivity index (χ0n) is 12.1. The number of halogens is 1. The highest BCUT2D eigenvalue weighted by Crippen LogP contribution is 2.24. The summed E-state index contributed by atoms with van der Waals surface area (Å²) in [5.74, 6) is -0.765. The summed E-state index contributed by atoms with van der Waals surface area (Å²) in [6.45, 7) is 4.26. The third kappa shape index (κ3) is 2.88. The lowest BCUT2D eigenvalue weighted by molar-refractivity contribution is 0.0888. The van der Waals surface area contributed by atoms with Gasteiger partial charge in [0.05, 0.1) is 5.56 Å². The van der Waals surface area contributed by atoms with E-state index in [1.807, 2.05) is 19.1 Å². The summed E-state index contributed by atoms with van der Waals surface area (Å²) >= 11 is 0. The fourth-order valence-corrected chi connectivity index (χ4v) is 2.93. The average molecular weight is 283 g/mol. The normalized spacial score (nSPS) is 15.7. The van der Waals surface area contributed by atoms with Gasteiger partial charge < -0.3 is 0 Å². The van der Waals surface area contributed by atoms with Gasteiger partial charge in [-0.2, -0.15) is 0 Å². The van der Waals surface area contributed by atoms with E-state index in [1.54, 1.807) is 18.2 Å². The molecule has 1 unspecified atom stereocenters. The van der Waals surface area contributed by atoms with Crippen molar-refractivity contribution in [1.29, 1.82) is 0 Å². The zero-order chi connectivity index (χ0) is 14.8. The number of hydrogen-bond donors (Lipinski definition) is 0. The van der Waals surface area contributed by atoms with Crippen LogP contribution in [0.1, 0.15) is 28.4 Å². The number of nitrogens with zero attached hydrogens (tertiary/aromatic N) is 1. The smallest absolute Gasteiger partial charge is 0.169 e. The van der Waals surface area contributed by atoms with Gasteiger partial charge in [-0.3, -0.25) is 9.69 Å². The van der Waals surface area contributed by atoms with Crippen molar-refractivity contribution >= 4 is 5.78 Å². The van der Waals surface area contributed by atoms with Crippen molar-refractivity contribution in [1.82, 2.24) is 4.90 Å². The van der Waals surface area contributed by atoms with Gasteiger partial charge >= 0.3 is 0 Å². The minimum absolute atomic E-state index is 0.121. The zero-order valence-corrected chi connectivity index (χ0v) is 12.1. The lowest BCUT2D eigenvalue weighted by atomic mass is 9.98. The van der Waals surface area contributed by atoms with Crippen molar-refractivity contribution in [2.24, 2.45) is 5.92 Å². The van der Waals surface area contributed by atoms with E-state index in [-0.39, 0.29) is 17.3 Å². The Morgan fingerprint density at radius 3 is 2.29 bits per heavy atom. The van der Waals surface area contributed by atoms with Crippen LogP contribution in [-0.4, -0.2) is 17.2 Å². The monoisotopic (exact) mass is 283 g/mol. The second-order valence-corrected chi connectivity index (χ2v) is 5.68. The summed E-state index contributed by atoms with van der Waals surface area (Å²) in [5, 5.41) is 0. The molecule has 2 aromatic carbocycles. The predicted molar refractivity (Wildman–Crippen MR) is 80.5 cm³/mol. The molecule has 2 nitrogen and oxygen atoms in total. The summed E-state index contributed by atoms with van der Waals surface area (Å²) in [5.41, 5.74) is 2.84. The number of Topliss-reactive ketones (excluding diaryl/α,β-unsaturated/α-hetero) is 1. The highest BCUT2D eigenvalue weighted by atomic mass is 19.1. The van der Waals surface area contributed by atoms with E-state index in [4.69, 9.17) is 0 Å². The van der Waals surface area contributed by atoms with Crippen molar-refractivity contribution < 1.29 is 9.18 Å². The van der Waals surface area contributed by atoms with E-state index in [9.17, 15) is 9.18 Å². The van der Waals surface area contributed by atoms with E-state index in [2.05, 4.69) is 17.0 Å². The molecule has 1 atom stereocenters. The number of hydrogen-bond acceptors (Lipinski definition) is 2. The van der Waals surface area contributed by atoms with Crippen LogP contribution in [0.5, 0.6) is 0 Å². The Hall–Kier alpha value is -2.00. The summed E-state index contributed by atoms with van der Waals surface area (Å²) in [6.07, 6.45) is 0. The fourth-order valence-electron chi connectivity index (χ4n) is 2.93. The number of ketones is 1. The maximum atomic E-state index is 13.7. The van der Waals surface area contributed by atoms with Crippen molar-refractivity contribution in [3.05, 3.63) is 71.0 Å². The van der Waals surface area contributed by atoms with Crippen LogP contribution in [0.4, 0.5) is 4.39 Å². The quantitative estimate of drug-likeness (QED) is 0.798. The van der Waals surface area contributed by atoms with E-state index < -0.39 is 5.82 Å². The number of benzene rings is 2. The molecule has 0 N–H and O–H groups in total. The molecule has 3 heteroatoms. The molecule has 108 valence electrons. The Balaban J connectivity index is 1.67. The number of carbonyl (C=O) groups is 1. The molecule has 0 aromatic heterocycles. The molecule has 1 aliphatic heterocycles. The van der Waals surface area contributed by atoms with Gasteiger partial charge in [0, 0.05) is 25.6 Å². The van der Waals surface area contributed by atoms with Gasteiger partial charge in [0.25, 0.3) is 0 Å². The van der Waals surface area contributed by atoms with Gasteiger partial charge in [-0.15, -0.1) is 0 Å². The Bertz CT molecular complexity index is 643. The second kappa shape index (κ2) is 5.78. The highest BCUT2D eigenvalue weighted by Gasteiger charge is 2.24. The molecule has 0 bridgehead atoms. The molecule has 0 radical (unpaired) electrons. The van der Waals surface area contributed by atoms with Crippen LogP contribution in [0.15, 0.2) is 48.5 Å². The summed E-state index contributed by atoms with van der Waals surface area (Å²) in [6, 6.07) is 14.5. The van der Waals surface area contributed by atoms with E-state index in [0.29, 0.717) is 6.54 Å². The van der Waals surface area contributed by atoms with Gasteiger partial charge in [-0.1, -0.05) is 43.3 Å². The highest BCUT2D eigenvalue weighted by molar-refractivity contribution is 5.98. The van der Waals surface area contributed by atoms with E-state index in [1.165, 1.54) is 17.2 Å². The van der Waals surface area contributed by atoms with Gasteiger partial charge in [0.15, 0.2) is 5.78 Å². The molecule has 1 heterocycles. The molecule has 0 spiro atoms. The standard InChI is InChI=1S/C18H18FNO/c1-13(18(21)16-8-4-5-9-17(16)19)10-20-11-14-6-2-3-7-15(14)12-20/h2-9,13H,10-12H2,1H3. The van der Waals surface area contributed by atoms with Crippen LogP contribution >= 0.6 is 0 Å². The molecule has 0 saturated heterocycles. The topological polar surface area (TPSA) is 20.3 Å². The van der Waals surface area contributed by atoms with Gasteiger partial charge in [-0.25, -0.2) is 4.39 Å². The minimum Gasteiger partial charge on any atom is -0.294 e. The maximum absolute atomic E-state index is 13.7. The van der Waals surface area contributed by atoms with Crippen molar-refractivity contribution in [2.75, 3.05) is 6.54 Å². The Morgan fingerprint density at radius 1 is 1.10 bits per heavy atom. The van der Waals surface area contributed by atoms with Crippen LogP contribution in [-0.2, 0) is 13.1 Å². The number of carbonyl (C=O) groups excluding carboxylic acids is 1. The molecule has 3 rings (SSSR count). The molecule has 0 fully saturated rings. The largest absolute Gasteiger partial charge is 0.294 e. The average Bonchev–Trinajstić information content (AvgIpc) is 2.89. The molecule has 1 aliphatic rings. The molecular weight excluding hydrogens is 265 g/mol. The Kier molecular flexibility index (Phi) is 3.84. The van der Waals surface area contributed by atoms with Crippen molar-refractivity contribution in [3.8, 4) is 0 Å². The van der Waals surface area contributed by atoms with Gasteiger partial charge in [-0.05, 0) is 23.3 Å². The molecule has 0 aliphatic carbocycles. The molecule has 21 heavy (non-hydrogen) atoms. The van der Waals surface area contributed by atoms with E-state index >= 15 is 0 Å². The lowest BCUT2D eigenvalue weighted by Gasteiger charge is -2.19. The predicted octanol–water partition coefficient (Wildman–Crippen LogP) is 3.66. The maximum Gasteiger partial charge on any atom is 0.169 e. The SMILES string of the molecule is CC(CN1Cc2ccccc2C1)C(=O)c1ccccc1F. The van der Waals surface area contributed by atoms with Crippen molar-refractivity contribution in [3.63, 3.8) is 0 Å². The van der Waals surface area contributed by atoms with Crippen molar-refractivity contribution in [2.45, 2.75) is 20.0 Å². The first-order chi connectivity index (χ1) is 10.1. The molecule has 2 aromatic rings. The van der Waals surface area contributed by atoms with Crippen LogP contribution in [0.25, 0.3) is 0 Å². The summed E-state index contributed by atoms with van der Waals surface area (Å²) in [7, 11) is 0. The Morgan fingerprint density at radius 2 is 1.67 bits per heavy atom. The Labute approximate surface area is 124 Å².